The van der Waals surface area contributed by atoms with Crippen molar-refractivity contribution in [2.75, 3.05) is 0 Å². The summed E-state index contributed by atoms with van der Waals surface area (Å²) in [6.45, 7) is 1.50. The van der Waals surface area contributed by atoms with Gasteiger partial charge in [-0.1, -0.05) is 35.3 Å². The van der Waals surface area contributed by atoms with E-state index in [-0.39, 0.29) is 0 Å². The summed E-state index contributed by atoms with van der Waals surface area (Å²) < 4.78 is 0. The van der Waals surface area contributed by atoms with E-state index in [4.69, 9.17) is 23.2 Å². The normalized spacial score (nSPS) is 16.0. The average molecular weight is 191 g/mol. The van der Waals surface area contributed by atoms with E-state index in [1.54, 1.807) is 24.3 Å². The van der Waals surface area contributed by atoms with Crippen LogP contribution in [0.25, 0.3) is 0 Å². The van der Waals surface area contributed by atoms with Crippen molar-refractivity contribution in [3.63, 3.8) is 0 Å². The summed E-state index contributed by atoms with van der Waals surface area (Å²) in [4.78, 5) is 0. The van der Waals surface area contributed by atoms with Crippen LogP contribution in [0.3, 0.4) is 0 Å². The van der Waals surface area contributed by atoms with Crippen molar-refractivity contribution in [1.29, 1.82) is 0 Å². The Labute approximate surface area is 75.6 Å². The number of hydrogen-bond donors (Lipinski definition) is 1. The van der Waals surface area contributed by atoms with E-state index in [1.807, 2.05) is 0 Å². The molecule has 60 valence electrons. The van der Waals surface area contributed by atoms with Gasteiger partial charge in [-0.05, 0) is 24.6 Å². The first-order valence-corrected chi connectivity index (χ1v) is 3.93. The van der Waals surface area contributed by atoms with E-state index in [0.29, 0.717) is 10.6 Å². The Morgan fingerprint density at radius 3 is 2.45 bits per heavy atom. The quantitative estimate of drug-likeness (QED) is 0.676. The Morgan fingerprint density at radius 2 is 2.09 bits per heavy atom. The van der Waals surface area contributed by atoms with Gasteiger partial charge in [0.2, 0.25) is 0 Å². The molecule has 11 heavy (non-hydrogen) atoms. The van der Waals surface area contributed by atoms with E-state index in [0.717, 1.165) is 0 Å². The second-order valence-corrected chi connectivity index (χ2v) is 3.64. The van der Waals surface area contributed by atoms with Crippen LogP contribution in [0.1, 0.15) is 12.5 Å². The molecule has 1 atom stereocenters. The zero-order chi connectivity index (χ0) is 8.48. The fourth-order valence-corrected chi connectivity index (χ4v) is 1.08. The minimum atomic E-state index is -1.33. The van der Waals surface area contributed by atoms with Gasteiger partial charge in [-0.15, -0.1) is 0 Å². The topological polar surface area (TPSA) is 20.2 Å². The Balaban J connectivity index is 3.06. The highest BCUT2D eigenvalue weighted by Crippen LogP contribution is 2.26. The van der Waals surface area contributed by atoms with Gasteiger partial charge in [-0.25, -0.2) is 0 Å². The van der Waals surface area contributed by atoms with Crippen molar-refractivity contribution in [2.45, 2.75) is 12.0 Å². The average Bonchev–Trinajstić information content (AvgIpc) is 1.86. The van der Waals surface area contributed by atoms with Gasteiger partial charge in [0.05, 0.1) is 0 Å². The molecule has 1 rings (SSSR count). The summed E-state index contributed by atoms with van der Waals surface area (Å²) in [6.07, 6.45) is 0. The molecule has 0 bridgehead atoms. The largest absolute Gasteiger partial charge is 0.371 e. The van der Waals surface area contributed by atoms with Crippen molar-refractivity contribution in [2.24, 2.45) is 0 Å². The van der Waals surface area contributed by atoms with E-state index >= 15 is 0 Å². The highest BCUT2D eigenvalue weighted by Gasteiger charge is 2.18. The van der Waals surface area contributed by atoms with E-state index in [1.165, 1.54) is 6.92 Å². The lowest BCUT2D eigenvalue weighted by molar-refractivity contribution is 0.150. The van der Waals surface area contributed by atoms with Crippen molar-refractivity contribution in [3.05, 3.63) is 34.9 Å². The van der Waals surface area contributed by atoms with Crippen molar-refractivity contribution in [3.8, 4) is 0 Å². The van der Waals surface area contributed by atoms with E-state index in [9.17, 15) is 5.11 Å². The minimum absolute atomic E-state index is 0.573. The molecule has 0 aromatic heterocycles. The SMILES string of the molecule is CC(O)(Cl)c1cccc(Cl)c1. The molecular formula is C8H8Cl2O. The van der Waals surface area contributed by atoms with Crippen LogP contribution >= 0.6 is 23.2 Å². The maximum absolute atomic E-state index is 9.32. The van der Waals surface area contributed by atoms with Gasteiger partial charge in [0, 0.05) is 5.02 Å². The molecule has 0 aliphatic heterocycles. The molecule has 1 N–H and O–H groups in total. The number of aliphatic hydroxyl groups is 1. The van der Waals surface area contributed by atoms with Gasteiger partial charge in [-0.3, -0.25) is 0 Å². The summed E-state index contributed by atoms with van der Waals surface area (Å²) >= 11 is 11.3. The van der Waals surface area contributed by atoms with Crippen LogP contribution < -0.4 is 0 Å². The van der Waals surface area contributed by atoms with Crippen LogP contribution in [-0.4, -0.2) is 5.11 Å². The number of rotatable bonds is 1. The molecule has 1 aromatic carbocycles. The molecule has 1 unspecified atom stereocenters. The standard InChI is InChI=1S/C8H8Cl2O/c1-8(10,11)6-3-2-4-7(9)5-6/h2-5,11H,1H3. The predicted octanol–water partition coefficient (Wildman–Crippen LogP) is 2.74. The van der Waals surface area contributed by atoms with Gasteiger partial charge in [-0.2, -0.15) is 0 Å². The minimum Gasteiger partial charge on any atom is -0.371 e. The lowest BCUT2D eigenvalue weighted by Crippen LogP contribution is -2.11. The zero-order valence-corrected chi connectivity index (χ0v) is 7.52. The fraction of sp³-hybridized carbons (Fsp3) is 0.250. The van der Waals surface area contributed by atoms with Gasteiger partial charge < -0.3 is 5.11 Å². The van der Waals surface area contributed by atoms with Crippen LogP contribution in [0.4, 0.5) is 0 Å². The highest BCUT2D eigenvalue weighted by atomic mass is 35.5. The molecule has 0 amide bonds. The Morgan fingerprint density at radius 1 is 1.45 bits per heavy atom. The molecule has 1 nitrogen and oxygen atoms in total. The number of halogens is 2. The molecular weight excluding hydrogens is 183 g/mol. The third-order valence-corrected chi connectivity index (χ3v) is 1.80. The number of benzene rings is 1. The fourth-order valence-electron chi connectivity index (χ4n) is 0.772. The molecule has 0 saturated carbocycles. The molecule has 0 radical (unpaired) electrons. The second-order valence-electron chi connectivity index (χ2n) is 2.46. The zero-order valence-electron chi connectivity index (χ0n) is 6.01. The van der Waals surface area contributed by atoms with Crippen molar-refractivity contribution in [1.82, 2.24) is 0 Å². The third kappa shape index (κ3) is 2.37. The molecule has 3 heteroatoms. The first-order valence-electron chi connectivity index (χ1n) is 3.17. The third-order valence-electron chi connectivity index (χ3n) is 1.35. The first kappa shape index (κ1) is 8.85. The van der Waals surface area contributed by atoms with Crippen LogP contribution in [0.5, 0.6) is 0 Å². The molecule has 0 saturated heterocycles. The lowest BCUT2D eigenvalue weighted by Gasteiger charge is -2.14. The van der Waals surface area contributed by atoms with Crippen LogP contribution in [0.2, 0.25) is 5.02 Å². The lowest BCUT2D eigenvalue weighted by atomic mass is 10.1. The number of hydrogen-bond acceptors (Lipinski definition) is 1. The maximum atomic E-state index is 9.32. The highest BCUT2D eigenvalue weighted by molar-refractivity contribution is 6.30. The van der Waals surface area contributed by atoms with E-state index in [2.05, 4.69) is 0 Å². The molecule has 1 aromatic rings. The van der Waals surface area contributed by atoms with Crippen molar-refractivity contribution >= 4 is 23.2 Å². The van der Waals surface area contributed by atoms with Gasteiger partial charge in [0.25, 0.3) is 0 Å². The van der Waals surface area contributed by atoms with Gasteiger partial charge in [0.1, 0.15) is 0 Å². The summed E-state index contributed by atoms with van der Waals surface area (Å²) in [5.74, 6) is 0. The number of alkyl halides is 1. The smallest absolute Gasteiger partial charge is 0.161 e. The maximum Gasteiger partial charge on any atom is 0.161 e. The van der Waals surface area contributed by atoms with Gasteiger partial charge >= 0.3 is 0 Å². The first-order chi connectivity index (χ1) is 5.00. The Kier molecular flexibility index (Phi) is 2.43. The van der Waals surface area contributed by atoms with Crippen LogP contribution in [0.15, 0.2) is 24.3 Å². The molecule has 0 aliphatic carbocycles. The van der Waals surface area contributed by atoms with Crippen LogP contribution in [0, 0.1) is 0 Å². The molecule has 0 aliphatic rings. The second kappa shape index (κ2) is 3.02. The Hall–Kier alpha value is -0.240. The van der Waals surface area contributed by atoms with E-state index < -0.39 is 5.06 Å². The monoisotopic (exact) mass is 190 g/mol. The molecule has 0 spiro atoms. The predicted molar refractivity (Wildman–Crippen MR) is 46.9 cm³/mol. The molecule has 0 fully saturated rings. The summed E-state index contributed by atoms with van der Waals surface area (Å²) in [5.41, 5.74) is 0.603. The van der Waals surface area contributed by atoms with Crippen molar-refractivity contribution < 1.29 is 5.11 Å². The Bertz CT molecular complexity index is 253. The van der Waals surface area contributed by atoms with Gasteiger partial charge in [0.15, 0.2) is 5.06 Å². The summed E-state index contributed by atoms with van der Waals surface area (Å²) in [5, 5.41) is 8.56. The summed E-state index contributed by atoms with van der Waals surface area (Å²) in [6, 6.07) is 6.83. The molecule has 0 heterocycles. The summed E-state index contributed by atoms with van der Waals surface area (Å²) in [7, 11) is 0. The van der Waals surface area contributed by atoms with Crippen LogP contribution in [-0.2, 0) is 5.06 Å².